The molecule has 1 aromatic rings. The van der Waals surface area contributed by atoms with Gasteiger partial charge >= 0.3 is 0 Å². The van der Waals surface area contributed by atoms with E-state index in [0.717, 1.165) is 44.6 Å². The van der Waals surface area contributed by atoms with E-state index < -0.39 is 0 Å². The third-order valence-electron chi connectivity index (χ3n) is 6.78. The maximum absolute atomic E-state index is 4.85. The molecule has 0 saturated carbocycles. The predicted molar refractivity (Wildman–Crippen MR) is 111 cm³/mol. The molecule has 8 nitrogen and oxygen atoms in total. The molecule has 8 heteroatoms. The highest BCUT2D eigenvalue weighted by atomic mass is 15.4. The Bertz CT molecular complexity index is 664. The minimum Gasteiger partial charge on any atom is -0.341 e. The first-order chi connectivity index (χ1) is 13.8. The molecule has 28 heavy (non-hydrogen) atoms. The molecule has 0 amide bonds. The molecule has 0 aliphatic carbocycles. The van der Waals surface area contributed by atoms with Crippen LogP contribution in [0.25, 0.3) is 0 Å². The molecule has 5 aliphatic rings. The fourth-order valence-corrected chi connectivity index (χ4v) is 5.06. The molecule has 2 N–H and O–H groups in total. The largest absolute Gasteiger partial charge is 0.341 e. The Morgan fingerprint density at radius 3 is 1.86 bits per heavy atom. The van der Waals surface area contributed by atoms with Crippen molar-refractivity contribution in [2.45, 2.75) is 51.4 Å². The Balaban J connectivity index is 1.39. The zero-order valence-electron chi connectivity index (χ0n) is 16.9. The van der Waals surface area contributed by atoms with E-state index in [1.54, 1.807) is 4.90 Å². The normalized spacial score (nSPS) is 29.4. The van der Waals surface area contributed by atoms with Gasteiger partial charge in [-0.15, -0.1) is 0 Å². The van der Waals surface area contributed by atoms with Gasteiger partial charge in [0, 0.05) is 44.9 Å². The highest BCUT2D eigenvalue weighted by Gasteiger charge is 2.34. The maximum atomic E-state index is 4.85. The SMILES string of the molecule is C1CCN(c2nc(N/N=C3\C[NH+]4CCC3CC4)nc(N3CCCCC3)n2)CC1. The molecule has 0 radical (unpaired) electrons. The van der Waals surface area contributed by atoms with Gasteiger partial charge in [-0.05, 0) is 38.5 Å². The summed E-state index contributed by atoms with van der Waals surface area (Å²) in [7, 11) is 0. The number of rotatable bonds is 4. The highest BCUT2D eigenvalue weighted by molar-refractivity contribution is 5.89. The van der Waals surface area contributed by atoms with Crippen LogP contribution < -0.4 is 20.1 Å². The molecule has 152 valence electrons. The average molecular weight is 386 g/mol. The lowest BCUT2D eigenvalue weighted by Crippen LogP contribution is -3.16. The first kappa shape index (κ1) is 18.1. The van der Waals surface area contributed by atoms with Gasteiger partial charge in [-0.2, -0.15) is 20.1 Å². The minimum absolute atomic E-state index is 0.607. The number of anilines is 3. The van der Waals surface area contributed by atoms with Crippen LogP contribution in [0, 0.1) is 5.92 Å². The summed E-state index contributed by atoms with van der Waals surface area (Å²) < 4.78 is 0. The van der Waals surface area contributed by atoms with Crippen LogP contribution in [0.5, 0.6) is 0 Å². The Hall–Kier alpha value is -1.96. The molecule has 0 atom stereocenters. The van der Waals surface area contributed by atoms with Gasteiger partial charge in [0.1, 0.15) is 6.54 Å². The van der Waals surface area contributed by atoms with Crippen molar-refractivity contribution in [2.75, 3.05) is 61.0 Å². The van der Waals surface area contributed by atoms with E-state index in [9.17, 15) is 0 Å². The first-order valence-corrected chi connectivity index (χ1v) is 11.3. The number of nitrogens with zero attached hydrogens (tertiary/aromatic N) is 6. The van der Waals surface area contributed by atoms with E-state index in [1.165, 1.54) is 70.2 Å². The molecular weight excluding hydrogens is 352 g/mol. The van der Waals surface area contributed by atoms with Crippen LogP contribution in [0.15, 0.2) is 5.10 Å². The minimum atomic E-state index is 0.607. The van der Waals surface area contributed by atoms with Crippen LogP contribution in [0.4, 0.5) is 17.8 Å². The number of aromatic nitrogens is 3. The van der Waals surface area contributed by atoms with Gasteiger partial charge in [-0.3, -0.25) is 0 Å². The van der Waals surface area contributed by atoms with Gasteiger partial charge in [-0.1, -0.05) is 0 Å². The number of hydrazone groups is 1. The fourth-order valence-electron chi connectivity index (χ4n) is 5.06. The standard InChI is InChI=1S/C20H32N8/c1-3-9-27(10-4-1)19-21-18(22-20(23-19)28-11-5-2-6-12-28)25-24-17-15-26-13-7-16(17)8-14-26/h16H,1-15H2,(H,21,22,23,25)/p+1/b24-17+. The topological polar surface area (TPSA) is 74.0 Å². The Labute approximate surface area is 167 Å². The fraction of sp³-hybridized carbons (Fsp3) is 0.800. The van der Waals surface area contributed by atoms with E-state index >= 15 is 0 Å². The number of fused-ring (bicyclic) bond motifs is 3. The van der Waals surface area contributed by atoms with E-state index in [4.69, 9.17) is 20.1 Å². The van der Waals surface area contributed by atoms with E-state index in [2.05, 4.69) is 15.2 Å². The number of nitrogens with one attached hydrogen (secondary N) is 2. The zero-order chi connectivity index (χ0) is 18.8. The van der Waals surface area contributed by atoms with Crippen LogP contribution in [0.2, 0.25) is 0 Å². The second kappa shape index (κ2) is 8.19. The van der Waals surface area contributed by atoms with Crippen LogP contribution >= 0.6 is 0 Å². The smallest absolute Gasteiger partial charge is 0.250 e. The maximum Gasteiger partial charge on any atom is 0.250 e. The van der Waals surface area contributed by atoms with E-state index in [-0.39, 0.29) is 0 Å². The lowest BCUT2D eigenvalue weighted by molar-refractivity contribution is -0.902. The monoisotopic (exact) mass is 385 g/mol. The molecule has 5 aliphatic heterocycles. The Morgan fingerprint density at radius 1 is 0.786 bits per heavy atom. The zero-order valence-corrected chi connectivity index (χ0v) is 16.9. The van der Waals surface area contributed by atoms with Gasteiger partial charge in [0.2, 0.25) is 17.8 Å². The van der Waals surface area contributed by atoms with Crippen LogP contribution in [0.1, 0.15) is 51.4 Å². The first-order valence-electron chi connectivity index (χ1n) is 11.3. The molecular formula is C20H33N8+. The quantitative estimate of drug-likeness (QED) is 0.751. The number of hydrogen-bond acceptors (Lipinski definition) is 7. The lowest BCUT2D eigenvalue weighted by atomic mass is 9.87. The molecule has 0 unspecified atom stereocenters. The number of hydrogen-bond donors (Lipinski definition) is 2. The van der Waals surface area contributed by atoms with Crippen LogP contribution in [0.3, 0.4) is 0 Å². The predicted octanol–water partition coefficient (Wildman–Crippen LogP) is 0.929. The summed E-state index contributed by atoms with van der Waals surface area (Å²) in [6, 6.07) is 0. The Kier molecular flexibility index (Phi) is 5.29. The van der Waals surface area contributed by atoms with Crippen LogP contribution in [-0.2, 0) is 0 Å². The highest BCUT2D eigenvalue weighted by Crippen LogP contribution is 2.23. The summed E-state index contributed by atoms with van der Waals surface area (Å²) in [5.41, 5.74) is 4.52. The van der Waals surface area contributed by atoms with Gasteiger partial charge in [-0.25, -0.2) is 5.43 Å². The third-order valence-corrected chi connectivity index (χ3v) is 6.78. The number of piperidine rings is 5. The molecule has 6 heterocycles. The van der Waals surface area contributed by atoms with Crippen molar-refractivity contribution in [3.8, 4) is 0 Å². The van der Waals surface area contributed by atoms with Gasteiger partial charge in [0.05, 0.1) is 18.8 Å². The van der Waals surface area contributed by atoms with Crippen molar-refractivity contribution in [3.05, 3.63) is 0 Å². The van der Waals surface area contributed by atoms with Gasteiger partial charge in [0.25, 0.3) is 0 Å². The molecule has 6 rings (SSSR count). The van der Waals surface area contributed by atoms with Crippen molar-refractivity contribution in [2.24, 2.45) is 11.0 Å². The van der Waals surface area contributed by atoms with Gasteiger partial charge in [0.15, 0.2) is 0 Å². The molecule has 1 aromatic heterocycles. The summed E-state index contributed by atoms with van der Waals surface area (Å²) in [4.78, 5) is 20.6. The lowest BCUT2D eigenvalue weighted by Gasteiger charge is -2.36. The summed E-state index contributed by atoms with van der Waals surface area (Å²) in [6.45, 7) is 7.83. The summed E-state index contributed by atoms with van der Waals surface area (Å²) in [5, 5.41) is 4.76. The van der Waals surface area contributed by atoms with Crippen LogP contribution in [-0.4, -0.2) is 66.5 Å². The third kappa shape index (κ3) is 3.92. The molecule has 0 aromatic carbocycles. The average Bonchev–Trinajstić information content (AvgIpc) is 2.79. The summed E-state index contributed by atoms with van der Waals surface area (Å²) in [5.74, 6) is 2.89. The molecule has 0 spiro atoms. The van der Waals surface area contributed by atoms with E-state index in [1.807, 2.05) is 0 Å². The van der Waals surface area contributed by atoms with Crippen molar-refractivity contribution in [1.29, 1.82) is 0 Å². The number of quaternary nitrogens is 1. The van der Waals surface area contributed by atoms with Crippen molar-refractivity contribution < 1.29 is 4.90 Å². The van der Waals surface area contributed by atoms with Crippen molar-refractivity contribution >= 4 is 23.6 Å². The van der Waals surface area contributed by atoms with E-state index in [0.29, 0.717) is 11.9 Å². The summed E-state index contributed by atoms with van der Waals surface area (Å²) >= 11 is 0. The Morgan fingerprint density at radius 2 is 1.36 bits per heavy atom. The van der Waals surface area contributed by atoms with Crippen molar-refractivity contribution in [1.82, 2.24) is 15.0 Å². The second-order valence-corrected chi connectivity index (χ2v) is 8.77. The van der Waals surface area contributed by atoms with Crippen molar-refractivity contribution in [3.63, 3.8) is 0 Å². The second-order valence-electron chi connectivity index (χ2n) is 8.77. The molecule has 2 bridgehead atoms. The molecule has 5 fully saturated rings. The molecule has 5 saturated heterocycles. The summed E-state index contributed by atoms with van der Waals surface area (Å²) in [6.07, 6.45) is 10.0. The van der Waals surface area contributed by atoms with Gasteiger partial charge < -0.3 is 14.7 Å².